The van der Waals surface area contributed by atoms with Crippen LogP contribution in [-0.2, 0) is 4.74 Å². The third kappa shape index (κ3) is 1.77. The fourth-order valence-electron chi connectivity index (χ4n) is 2.36. The van der Waals surface area contributed by atoms with E-state index >= 15 is 0 Å². The average molecular weight is 235 g/mol. The van der Waals surface area contributed by atoms with E-state index in [2.05, 4.69) is 25.2 Å². The van der Waals surface area contributed by atoms with Gasteiger partial charge in [0, 0.05) is 18.7 Å². The van der Waals surface area contributed by atoms with Gasteiger partial charge in [-0.3, -0.25) is 0 Å². The molecule has 4 nitrogen and oxygen atoms in total. The molecule has 17 heavy (non-hydrogen) atoms. The van der Waals surface area contributed by atoms with E-state index in [-0.39, 0.29) is 6.10 Å². The van der Waals surface area contributed by atoms with E-state index < -0.39 is 0 Å². The highest BCUT2D eigenvalue weighted by molar-refractivity contribution is 5.57. The molecule has 0 aromatic heterocycles. The Hall–Kier alpha value is -1.26. The first-order valence-electron chi connectivity index (χ1n) is 5.99. The highest BCUT2D eigenvalue weighted by Crippen LogP contribution is 2.43. The van der Waals surface area contributed by atoms with Crippen LogP contribution in [0.15, 0.2) is 6.07 Å². The Kier molecular flexibility index (Phi) is 2.68. The fraction of sp³-hybridized carbons (Fsp3) is 0.538. The summed E-state index contributed by atoms with van der Waals surface area (Å²) in [7, 11) is 0. The van der Waals surface area contributed by atoms with Crippen LogP contribution < -0.4 is 14.8 Å². The predicted octanol–water partition coefficient (Wildman–Crippen LogP) is 1.69. The van der Waals surface area contributed by atoms with Gasteiger partial charge in [-0.25, -0.2) is 0 Å². The number of aryl methyl sites for hydroxylation is 1. The lowest BCUT2D eigenvalue weighted by atomic mass is 9.99. The predicted molar refractivity (Wildman–Crippen MR) is 63.6 cm³/mol. The number of rotatable bonds is 1. The molecule has 0 radical (unpaired) electrons. The Labute approximate surface area is 101 Å². The van der Waals surface area contributed by atoms with E-state index in [1.807, 2.05) is 0 Å². The van der Waals surface area contributed by atoms with Crippen LogP contribution in [-0.4, -0.2) is 26.5 Å². The van der Waals surface area contributed by atoms with E-state index in [0.29, 0.717) is 6.79 Å². The summed E-state index contributed by atoms with van der Waals surface area (Å²) in [6, 6.07) is 2.15. The van der Waals surface area contributed by atoms with E-state index in [4.69, 9.17) is 14.2 Å². The van der Waals surface area contributed by atoms with Gasteiger partial charge in [-0.05, 0) is 31.0 Å². The summed E-state index contributed by atoms with van der Waals surface area (Å²) >= 11 is 0. The monoisotopic (exact) mass is 235 g/mol. The maximum Gasteiger partial charge on any atom is 0.231 e. The van der Waals surface area contributed by atoms with Crippen molar-refractivity contribution in [3.8, 4) is 11.5 Å². The maximum absolute atomic E-state index is 5.79. The molecule has 1 unspecified atom stereocenters. The second-order valence-electron chi connectivity index (χ2n) is 4.54. The van der Waals surface area contributed by atoms with Gasteiger partial charge in [-0.2, -0.15) is 0 Å². The van der Waals surface area contributed by atoms with Crippen molar-refractivity contribution in [2.45, 2.75) is 20.0 Å². The smallest absolute Gasteiger partial charge is 0.231 e. The SMILES string of the molecule is Cc1cc(C2CNCCO2)c2c(c1C)OCO2. The topological polar surface area (TPSA) is 39.7 Å². The van der Waals surface area contributed by atoms with E-state index in [0.717, 1.165) is 42.3 Å². The number of benzene rings is 1. The van der Waals surface area contributed by atoms with Crippen LogP contribution in [0.3, 0.4) is 0 Å². The lowest BCUT2D eigenvalue weighted by molar-refractivity contribution is 0.0259. The number of fused-ring (bicyclic) bond motifs is 1. The first-order valence-corrected chi connectivity index (χ1v) is 5.99. The number of hydrogen-bond acceptors (Lipinski definition) is 4. The number of morpholine rings is 1. The third-order valence-corrected chi connectivity index (χ3v) is 3.45. The summed E-state index contributed by atoms with van der Waals surface area (Å²) in [5.41, 5.74) is 3.48. The standard InChI is InChI=1S/C13H17NO3/c1-8-5-10(11-6-14-3-4-15-11)13-12(9(8)2)16-7-17-13/h5,11,14H,3-4,6-7H2,1-2H3. The maximum atomic E-state index is 5.79. The lowest BCUT2D eigenvalue weighted by Gasteiger charge is -2.25. The molecule has 4 heteroatoms. The zero-order valence-corrected chi connectivity index (χ0v) is 10.2. The largest absolute Gasteiger partial charge is 0.453 e. The first-order chi connectivity index (χ1) is 8.27. The molecular formula is C13H17NO3. The van der Waals surface area contributed by atoms with Gasteiger partial charge >= 0.3 is 0 Å². The third-order valence-electron chi connectivity index (χ3n) is 3.45. The van der Waals surface area contributed by atoms with Crippen LogP contribution in [0.1, 0.15) is 22.8 Å². The second kappa shape index (κ2) is 4.20. The summed E-state index contributed by atoms with van der Waals surface area (Å²) in [5.74, 6) is 1.75. The highest BCUT2D eigenvalue weighted by Gasteiger charge is 2.27. The fourth-order valence-corrected chi connectivity index (χ4v) is 2.36. The van der Waals surface area contributed by atoms with Gasteiger partial charge in [0.05, 0.1) is 12.7 Å². The average Bonchev–Trinajstić information content (AvgIpc) is 2.84. The van der Waals surface area contributed by atoms with Crippen LogP contribution in [0.5, 0.6) is 11.5 Å². The Balaban J connectivity index is 2.04. The summed E-state index contributed by atoms with van der Waals surface area (Å²) in [4.78, 5) is 0. The zero-order valence-electron chi connectivity index (χ0n) is 10.2. The van der Waals surface area contributed by atoms with E-state index in [1.54, 1.807) is 0 Å². The second-order valence-corrected chi connectivity index (χ2v) is 4.54. The molecule has 0 aliphatic carbocycles. The van der Waals surface area contributed by atoms with Crippen molar-refractivity contribution in [1.82, 2.24) is 5.32 Å². The van der Waals surface area contributed by atoms with Gasteiger partial charge < -0.3 is 19.5 Å². The molecule has 1 fully saturated rings. The summed E-state index contributed by atoms with van der Waals surface area (Å²) in [5, 5.41) is 3.34. The summed E-state index contributed by atoms with van der Waals surface area (Å²) in [6.45, 7) is 6.96. The summed E-state index contributed by atoms with van der Waals surface area (Å²) < 4.78 is 16.9. The molecule has 1 saturated heterocycles. The van der Waals surface area contributed by atoms with Gasteiger partial charge in [0.15, 0.2) is 11.5 Å². The van der Waals surface area contributed by atoms with Gasteiger partial charge in [0.2, 0.25) is 6.79 Å². The number of ether oxygens (including phenoxy) is 3. The molecule has 2 heterocycles. The minimum Gasteiger partial charge on any atom is -0.453 e. The minimum absolute atomic E-state index is 0.0681. The molecular weight excluding hydrogens is 218 g/mol. The van der Waals surface area contributed by atoms with Gasteiger partial charge in [-0.1, -0.05) is 0 Å². The van der Waals surface area contributed by atoms with Crippen molar-refractivity contribution < 1.29 is 14.2 Å². The molecule has 2 aliphatic rings. The first kappa shape index (κ1) is 10.9. The normalized spacial score (nSPS) is 22.8. The molecule has 2 aliphatic heterocycles. The molecule has 0 amide bonds. The van der Waals surface area contributed by atoms with E-state index in [1.165, 1.54) is 5.56 Å². The van der Waals surface area contributed by atoms with Crippen molar-refractivity contribution in [2.75, 3.05) is 26.5 Å². The summed E-state index contributed by atoms with van der Waals surface area (Å²) in [6.07, 6.45) is 0.0681. The molecule has 92 valence electrons. The van der Waals surface area contributed by atoms with Crippen molar-refractivity contribution in [2.24, 2.45) is 0 Å². The van der Waals surface area contributed by atoms with Crippen LogP contribution >= 0.6 is 0 Å². The zero-order chi connectivity index (χ0) is 11.8. The Morgan fingerprint density at radius 2 is 2.06 bits per heavy atom. The molecule has 1 atom stereocenters. The number of nitrogens with one attached hydrogen (secondary N) is 1. The van der Waals surface area contributed by atoms with Crippen LogP contribution in [0, 0.1) is 13.8 Å². The number of hydrogen-bond donors (Lipinski definition) is 1. The van der Waals surface area contributed by atoms with E-state index in [9.17, 15) is 0 Å². The quantitative estimate of drug-likeness (QED) is 0.804. The Bertz CT molecular complexity index is 439. The van der Waals surface area contributed by atoms with Gasteiger partial charge in [0.1, 0.15) is 0 Å². The molecule has 1 N–H and O–H groups in total. The van der Waals surface area contributed by atoms with Crippen LogP contribution in [0.2, 0.25) is 0 Å². The highest BCUT2D eigenvalue weighted by atomic mass is 16.7. The Morgan fingerprint density at radius 1 is 1.24 bits per heavy atom. The molecule has 0 spiro atoms. The molecule has 1 aromatic rings. The van der Waals surface area contributed by atoms with Crippen LogP contribution in [0.25, 0.3) is 0 Å². The van der Waals surface area contributed by atoms with Gasteiger partial charge in [-0.15, -0.1) is 0 Å². The molecule has 1 aromatic carbocycles. The lowest BCUT2D eigenvalue weighted by Crippen LogP contribution is -2.33. The van der Waals surface area contributed by atoms with Crippen molar-refractivity contribution in [1.29, 1.82) is 0 Å². The van der Waals surface area contributed by atoms with Crippen molar-refractivity contribution >= 4 is 0 Å². The molecule has 0 saturated carbocycles. The minimum atomic E-state index is 0.0681. The molecule has 3 rings (SSSR count). The van der Waals surface area contributed by atoms with Crippen molar-refractivity contribution in [3.63, 3.8) is 0 Å². The van der Waals surface area contributed by atoms with Gasteiger partial charge in [0.25, 0.3) is 0 Å². The Morgan fingerprint density at radius 3 is 2.82 bits per heavy atom. The van der Waals surface area contributed by atoms with Crippen molar-refractivity contribution in [3.05, 3.63) is 22.8 Å². The van der Waals surface area contributed by atoms with Crippen LogP contribution in [0.4, 0.5) is 0 Å². The molecule has 0 bridgehead atoms.